The normalized spacial score (nSPS) is 12.0. The molecule has 170 valence electrons. The van der Waals surface area contributed by atoms with E-state index in [4.69, 9.17) is 21.2 Å². The van der Waals surface area contributed by atoms with Crippen molar-refractivity contribution < 1.29 is 9.47 Å². The van der Waals surface area contributed by atoms with Gasteiger partial charge in [0.1, 0.15) is 11.3 Å². The molecule has 0 radical (unpaired) electrons. The minimum Gasteiger partial charge on any atom is -0.495 e. The van der Waals surface area contributed by atoms with Crippen molar-refractivity contribution in [3.05, 3.63) is 42.2 Å². The van der Waals surface area contributed by atoms with E-state index in [-0.39, 0.29) is 5.60 Å². The molecular weight excluding hydrogens is 410 g/mol. The number of hydrazone groups is 1. The summed E-state index contributed by atoms with van der Waals surface area (Å²) in [5.74, 6) is 13.3. The second kappa shape index (κ2) is 9.62. The standard InChI is InChI=1S/C21H29N9O2/c1-21(2,32-5)12-26-18-17-14(8-9-24-18)11-25-20(28-17)27-15-7-6-13(10-16(15)31-4)19(29-22)30(3)23/h6-11H,12,22-23H2,1-5H3,(H,24,26)(H,25,27,28)/b29-19-. The number of aromatic nitrogens is 3. The number of nitrogens with two attached hydrogens (primary N) is 2. The predicted octanol–water partition coefficient (Wildman–Crippen LogP) is 2.04. The SMILES string of the molecule is COc1cc(/C(=N/N)N(C)N)ccc1Nc1ncc2ccnc(NCC(C)(C)OC)c2n1. The van der Waals surface area contributed by atoms with E-state index < -0.39 is 0 Å². The number of benzene rings is 1. The Morgan fingerprint density at radius 3 is 2.66 bits per heavy atom. The van der Waals surface area contributed by atoms with Crippen LogP contribution in [0.25, 0.3) is 10.9 Å². The maximum absolute atomic E-state index is 5.79. The molecule has 0 atom stereocenters. The minimum atomic E-state index is -0.351. The average molecular weight is 440 g/mol. The fourth-order valence-electron chi connectivity index (χ4n) is 2.94. The molecule has 0 saturated carbocycles. The van der Waals surface area contributed by atoms with Gasteiger partial charge < -0.3 is 25.9 Å². The van der Waals surface area contributed by atoms with Crippen LogP contribution in [0.3, 0.4) is 0 Å². The van der Waals surface area contributed by atoms with Gasteiger partial charge in [0.2, 0.25) is 5.95 Å². The first-order valence-electron chi connectivity index (χ1n) is 9.90. The summed E-state index contributed by atoms with van der Waals surface area (Å²) in [6.07, 6.45) is 3.45. The summed E-state index contributed by atoms with van der Waals surface area (Å²) in [6, 6.07) is 7.28. The first kappa shape index (κ1) is 23.0. The van der Waals surface area contributed by atoms with E-state index in [9.17, 15) is 0 Å². The molecule has 11 nitrogen and oxygen atoms in total. The Hall–Kier alpha value is -3.70. The molecule has 0 bridgehead atoms. The second-order valence-electron chi connectivity index (χ2n) is 7.71. The molecule has 0 amide bonds. The number of anilines is 3. The molecule has 0 saturated heterocycles. The van der Waals surface area contributed by atoms with E-state index >= 15 is 0 Å². The van der Waals surface area contributed by atoms with Crippen LogP contribution in [-0.2, 0) is 4.74 Å². The molecule has 3 rings (SSSR count). The van der Waals surface area contributed by atoms with Crippen molar-refractivity contribution in [3.8, 4) is 5.75 Å². The summed E-state index contributed by atoms with van der Waals surface area (Å²) in [6.45, 7) is 4.55. The van der Waals surface area contributed by atoms with Crippen molar-refractivity contribution in [2.75, 3.05) is 38.4 Å². The smallest absolute Gasteiger partial charge is 0.227 e. The van der Waals surface area contributed by atoms with E-state index in [1.54, 1.807) is 39.7 Å². The number of hydrazine groups is 1. The number of nitrogens with one attached hydrogen (secondary N) is 2. The van der Waals surface area contributed by atoms with Crippen LogP contribution in [0.4, 0.5) is 17.5 Å². The largest absolute Gasteiger partial charge is 0.495 e. The van der Waals surface area contributed by atoms with Crippen LogP contribution in [0.5, 0.6) is 5.75 Å². The number of amidine groups is 1. The zero-order chi connectivity index (χ0) is 23.3. The van der Waals surface area contributed by atoms with E-state index in [2.05, 4.69) is 30.7 Å². The quantitative estimate of drug-likeness (QED) is 0.178. The molecule has 3 aromatic rings. The molecule has 6 N–H and O–H groups in total. The molecule has 1 aromatic carbocycles. The topological polar surface area (TPSA) is 149 Å². The molecule has 0 aliphatic carbocycles. The van der Waals surface area contributed by atoms with Crippen LogP contribution in [0.1, 0.15) is 19.4 Å². The van der Waals surface area contributed by atoms with E-state index in [0.29, 0.717) is 46.7 Å². The van der Waals surface area contributed by atoms with Crippen LogP contribution in [0.15, 0.2) is 41.8 Å². The Morgan fingerprint density at radius 2 is 2.00 bits per heavy atom. The van der Waals surface area contributed by atoms with Crippen molar-refractivity contribution in [1.82, 2.24) is 20.0 Å². The number of methoxy groups -OCH3 is 2. The molecule has 32 heavy (non-hydrogen) atoms. The van der Waals surface area contributed by atoms with Crippen molar-refractivity contribution in [2.24, 2.45) is 16.8 Å². The van der Waals surface area contributed by atoms with Gasteiger partial charge in [0.25, 0.3) is 0 Å². The number of rotatable bonds is 8. The first-order chi connectivity index (χ1) is 15.3. The van der Waals surface area contributed by atoms with Gasteiger partial charge in [0.05, 0.1) is 18.4 Å². The van der Waals surface area contributed by atoms with Gasteiger partial charge in [0, 0.05) is 44.0 Å². The van der Waals surface area contributed by atoms with Gasteiger partial charge in [-0.2, -0.15) is 5.10 Å². The summed E-state index contributed by atoms with van der Waals surface area (Å²) in [5, 5.41) is 12.4. The van der Waals surface area contributed by atoms with Crippen LogP contribution in [0.2, 0.25) is 0 Å². The summed E-state index contributed by atoms with van der Waals surface area (Å²) in [4.78, 5) is 13.5. The van der Waals surface area contributed by atoms with Gasteiger partial charge in [-0.25, -0.2) is 20.8 Å². The molecule has 2 aromatic heterocycles. The van der Waals surface area contributed by atoms with E-state index in [1.807, 2.05) is 32.0 Å². The third kappa shape index (κ3) is 5.13. The lowest BCUT2D eigenvalue weighted by Gasteiger charge is -2.23. The molecule has 0 fully saturated rings. The maximum atomic E-state index is 5.79. The minimum absolute atomic E-state index is 0.351. The lowest BCUT2D eigenvalue weighted by Crippen LogP contribution is -2.34. The molecule has 0 aliphatic rings. The monoisotopic (exact) mass is 439 g/mol. The highest BCUT2D eigenvalue weighted by molar-refractivity contribution is 5.99. The van der Waals surface area contributed by atoms with Crippen LogP contribution in [0, 0.1) is 0 Å². The molecule has 0 unspecified atom stereocenters. The predicted molar refractivity (Wildman–Crippen MR) is 126 cm³/mol. The van der Waals surface area contributed by atoms with Gasteiger partial charge >= 0.3 is 0 Å². The van der Waals surface area contributed by atoms with Gasteiger partial charge in [-0.05, 0) is 38.1 Å². The number of ether oxygens (including phenoxy) is 2. The van der Waals surface area contributed by atoms with Crippen molar-refractivity contribution >= 4 is 34.2 Å². The zero-order valence-corrected chi connectivity index (χ0v) is 18.9. The number of hydrogen-bond acceptors (Lipinski definition) is 10. The average Bonchev–Trinajstić information content (AvgIpc) is 2.78. The van der Waals surface area contributed by atoms with E-state index in [0.717, 1.165) is 5.39 Å². The molecular formula is C21H29N9O2. The van der Waals surface area contributed by atoms with Crippen LogP contribution in [-0.4, -0.2) is 59.2 Å². The molecule has 0 aliphatic heterocycles. The Balaban J connectivity index is 1.91. The number of pyridine rings is 1. The number of hydrogen-bond donors (Lipinski definition) is 4. The highest BCUT2D eigenvalue weighted by Crippen LogP contribution is 2.29. The lowest BCUT2D eigenvalue weighted by atomic mass is 10.1. The summed E-state index contributed by atoms with van der Waals surface area (Å²) < 4.78 is 11.0. The number of nitrogens with zero attached hydrogens (tertiary/aromatic N) is 5. The highest BCUT2D eigenvalue weighted by atomic mass is 16.5. The van der Waals surface area contributed by atoms with Gasteiger partial charge in [-0.1, -0.05) is 0 Å². The fraction of sp³-hybridized carbons (Fsp3) is 0.333. The van der Waals surface area contributed by atoms with Gasteiger partial charge in [0.15, 0.2) is 11.7 Å². The number of fused-ring (bicyclic) bond motifs is 1. The molecule has 0 spiro atoms. The fourth-order valence-corrected chi connectivity index (χ4v) is 2.94. The van der Waals surface area contributed by atoms with Crippen molar-refractivity contribution in [3.63, 3.8) is 0 Å². The Morgan fingerprint density at radius 1 is 1.22 bits per heavy atom. The first-order valence-corrected chi connectivity index (χ1v) is 9.90. The maximum Gasteiger partial charge on any atom is 0.227 e. The van der Waals surface area contributed by atoms with Gasteiger partial charge in [-0.3, -0.25) is 5.01 Å². The zero-order valence-electron chi connectivity index (χ0n) is 18.9. The van der Waals surface area contributed by atoms with Crippen molar-refractivity contribution in [2.45, 2.75) is 19.4 Å². The van der Waals surface area contributed by atoms with Gasteiger partial charge in [-0.15, -0.1) is 0 Å². The second-order valence-corrected chi connectivity index (χ2v) is 7.71. The highest BCUT2D eigenvalue weighted by Gasteiger charge is 2.17. The lowest BCUT2D eigenvalue weighted by molar-refractivity contribution is 0.0343. The summed E-state index contributed by atoms with van der Waals surface area (Å²) in [5.41, 5.74) is 1.72. The van der Waals surface area contributed by atoms with Crippen LogP contribution >= 0.6 is 0 Å². The Bertz CT molecular complexity index is 1120. The Labute approximate surface area is 186 Å². The Kier molecular flexibility index (Phi) is 6.91. The summed E-state index contributed by atoms with van der Waals surface area (Å²) in [7, 11) is 4.90. The van der Waals surface area contributed by atoms with Crippen molar-refractivity contribution in [1.29, 1.82) is 0 Å². The third-order valence-corrected chi connectivity index (χ3v) is 4.90. The van der Waals surface area contributed by atoms with Crippen LogP contribution < -0.4 is 27.1 Å². The molecule has 2 heterocycles. The molecule has 11 heteroatoms. The third-order valence-electron chi connectivity index (χ3n) is 4.90. The van der Waals surface area contributed by atoms with E-state index in [1.165, 1.54) is 5.01 Å². The summed E-state index contributed by atoms with van der Waals surface area (Å²) >= 11 is 0.